The number of nitrogens with zero attached hydrogens (tertiary/aromatic N) is 2. The third-order valence-electron chi connectivity index (χ3n) is 4.51. The Morgan fingerprint density at radius 2 is 1.66 bits per heavy atom. The zero-order chi connectivity index (χ0) is 21.2. The molecule has 0 bridgehead atoms. The predicted molar refractivity (Wildman–Crippen MR) is 103 cm³/mol. The van der Waals surface area contributed by atoms with Crippen LogP contribution in [0.4, 0.5) is 0 Å². The molecule has 29 heavy (non-hydrogen) atoms. The third kappa shape index (κ3) is 4.53. The van der Waals surface area contributed by atoms with Gasteiger partial charge in [0.1, 0.15) is 12.4 Å². The minimum absolute atomic E-state index is 0.125. The van der Waals surface area contributed by atoms with Crippen LogP contribution in [-0.2, 0) is 31.4 Å². The quantitative estimate of drug-likeness (QED) is 0.599. The van der Waals surface area contributed by atoms with E-state index >= 15 is 0 Å². The molecule has 3 rings (SSSR count). The maximum Gasteiger partial charge on any atom is 0.338 e. The van der Waals surface area contributed by atoms with E-state index in [0.717, 1.165) is 17.1 Å². The molecule has 0 radical (unpaired) electrons. The second-order valence-corrected chi connectivity index (χ2v) is 10.7. The Kier molecular flexibility index (Phi) is 6.13. The fraction of sp³-hybridized carbons (Fsp3) is 0.389. The van der Waals surface area contributed by atoms with Crippen molar-refractivity contribution in [1.82, 2.24) is 8.61 Å². The van der Waals surface area contributed by atoms with Crippen molar-refractivity contribution in [2.45, 2.75) is 29.4 Å². The lowest BCUT2D eigenvalue weighted by Crippen LogP contribution is -2.27. The zero-order valence-corrected chi connectivity index (χ0v) is 17.7. The molecule has 0 amide bonds. The number of benzene rings is 1. The van der Waals surface area contributed by atoms with Crippen molar-refractivity contribution in [3.05, 3.63) is 47.7 Å². The summed E-state index contributed by atoms with van der Waals surface area (Å²) in [4.78, 5) is 12.3. The Bertz CT molecular complexity index is 1080. The van der Waals surface area contributed by atoms with Gasteiger partial charge in [-0.3, -0.25) is 0 Å². The lowest BCUT2D eigenvalue weighted by atomic mass is 10.2. The fourth-order valence-electron chi connectivity index (χ4n) is 2.81. The van der Waals surface area contributed by atoms with Crippen LogP contribution in [0.1, 0.15) is 29.0 Å². The monoisotopic (exact) mass is 442 g/mol. The highest BCUT2D eigenvalue weighted by molar-refractivity contribution is 7.89. The van der Waals surface area contributed by atoms with Crippen LogP contribution < -0.4 is 0 Å². The number of sulfonamides is 2. The molecule has 158 valence electrons. The molecule has 1 saturated heterocycles. The van der Waals surface area contributed by atoms with E-state index in [1.807, 2.05) is 0 Å². The summed E-state index contributed by atoms with van der Waals surface area (Å²) >= 11 is 0. The Labute approximate surface area is 170 Å². The molecule has 9 nitrogen and oxygen atoms in total. The number of hydrogen-bond donors (Lipinski definition) is 0. The number of furan rings is 1. The van der Waals surface area contributed by atoms with Crippen molar-refractivity contribution in [1.29, 1.82) is 0 Å². The first-order valence-corrected chi connectivity index (χ1v) is 11.8. The van der Waals surface area contributed by atoms with E-state index in [-0.39, 0.29) is 27.9 Å². The van der Waals surface area contributed by atoms with Crippen LogP contribution in [0, 0.1) is 0 Å². The van der Waals surface area contributed by atoms with Crippen molar-refractivity contribution in [3.63, 3.8) is 0 Å². The van der Waals surface area contributed by atoms with Gasteiger partial charge in [0, 0.05) is 27.2 Å². The number of ether oxygens (including phenoxy) is 1. The van der Waals surface area contributed by atoms with Gasteiger partial charge < -0.3 is 9.15 Å². The van der Waals surface area contributed by atoms with Crippen molar-refractivity contribution < 1.29 is 30.8 Å². The largest absolute Gasteiger partial charge is 0.454 e. The number of carbonyl (C=O) groups is 1. The van der Waals surface area contributed by atoms with Gasteiger partial charge in [-0.25, -0.2) is 25.9 Å². The van der Waals surface area contributed by atoms with Gasteiger partial charge in [-0.05, 0) is 49.2 Å². The zero-order valence-electron chi connectivity index (χ0n) is 16.1. The minimum atomic E-state index is -3.71. The van der Waals surface area contributed by atoms with Crippen LogP contribution in [0.3, 0.4) is 0 Å². The maximum absolute atomic E-state index is 12.5. The van der Waals surface area contributed by atoms with Gasteiger partial charge in [0.25, 0.3) is 10.0 Å². The van der Waals surface area contributed by atoms with E-state index in [2.05, 4.69) is 0 Å². The van der Waals surface area contributed by atoms with E-state index in [9.17, 15) is 21.6 Å². The molecule has 2 aromatic rings. The average Bonchev–Trinajstić information content (AvgIpc) is 3.38. The van der Waals surface area contributed by atoms with Crippen LogP contribution in [0.5, 0.6) is 0 Å². The summed E-state index contributed by atoms with van der Waals surface area (Å²) in [6.45, 7) is 0.747. The third-order valence-corrected chi connectivity index (χ3v) is 8.11. The van der Waals surface area contributed by atoms with Crippen molar-refractivity contribution in [3.8, 4) is 0 Å². The molecule has 11 heteroatoms. The first-order chi connectivity index (χ1) is 13.6. The molecule has 1 aromatic carbocycles. The second kappa shape index (κ2) is 8.27. The van der Waals surface area contributed by atoms with E-state index in [1.165, 1.54) is 54.8 Å². The highest BCUT2D eigenvalue weighted by Gasteiger charge is 2.27. The van der Waals surface area contributed by atoms with E-state index in [1.54, 1.807) is 0 Å². The summed E-state index contributed by atoms with van der Waals surface area (Å²) < 4.78 is 61.8. The van der Waals surface area contributed by atoms with Gasteiger partial charge in [-0.15, -0.1) is 0 Å². The van der Waals surface area contributed by atoms with Crippen LogP contribution in [0.15, 0.2) is 50.8 Å². The van der Waals surface area contributed by atoms with E-state index in [0.29, 0.717) is 13.1 Å². The highest BCUT2D eigenvalue weighted by Crippen LogP contribution is 2.22. The molecule has 0 spiro atoms. The van der Waals surface area contributed by atoms with Crippen molar-refractivity contribution in [2.75, 3.05) is 27.2 Å². The molecule has 1 fully saturated rings. The molecule has 1 aliphatic rings. The second-order valence-electron chi connectivity index (χ2n) is 6.72. The van der Waals surface area contributed by atoms with Gasteiger partial charge in [0.2, 0.25) is 15.1 Å². The SMILES string of the molecule is CN(C)S(=O)(=O)c1ccc(COC(=O)c2ccc(S(=O)(=O)N3CCCC3)cc2)o1. The average molecular weight is 443 g/mol. The number of esters is 1. The minimum Gasteiger partial charge on any atom is -0.454 e. The normalized spacial score (nSPS) is 15.7. The van der Waals surface area contributed by atoms with Crippen LogP contribution >= 0.6 is 0 Å². The Morgan fingerprint density at radius 1 is 1.03 bits per heavy atom. The van der Waals surface area contributed by atoms with Crippen molar-refractivity contribution in [2.24, 2.45) is 0 Å². The number of carbonyl (C=O) groups excluding carboxylic acids is 1. The van der Waals surface area contributed by atoms with Crippen LogP contribution in [0.25, 0.3) is 0 Å². The van der Waals surface area contributed by atoms with Gasteiger partial charge in [0.15, 0.2) is 0 Å². The highest BCUT2D eigenvalue weighted by atomic mass is 32.2. The predicted octanol–water partition coefficient (Wildman–Crippen LogP) is 1.67. The lowest BCUT2D eigenvalue weighted by molar-refractivity contribution is 0.0440. The maximum atomic E-state index is 12.5. The van der Waals surface area contributed by atoms with Gasteiger partial charge in [-0.2, -0.15) is 4.31 Å². The smallest absolute Gasteiger partial charge is 0.338 e. The molecular formula is C18H22N2O7S2. The Hall–Kier alpha value is -2.21. The molecular weight excluding hydrogens is 420 g/mol. The van der Waals surface area contributed by atoms with Crippen LogP contribution in [0.2, 0.25) is 0 Å². The van der Waals surface area contributed by atoms with Crippen molar-refractivity contribution >= 4 is 26.0 Å². The van der Waals surface area contributed by atoms with Gasteiger partial charge >= 0.3 is 5.97 Å². The lowest BCUT2D eigenvalue weighted by Gasteiger charge is -2.15. The number of rotatable bonds is 7. The Balaban J connectivity index is 1.64. The summed E-state index contributed by atoms with van der Waals surface area (Å²) in [5.41, 5.74) is 0.179. The standard InChI is InChI=1S/C18H22N2O7S2/c1-19(2)29(24,25)17-10-7-15(27-17)13-26-18(21)14-5-8-16(9-6-14)28(22,23)20-11-3-4-12-20/h5-10H,3-4,11-13H2,1-2H3. The summed E-state index contributed by atoms with van der Waals surface area (Å²) in [5, 5.41) is -0.245. The fourth-order valence-corrected chi connectivity index (χ4v) is 5.14. The summed E-state index contributed by atoms with van der Waals surface area (Å²) in [6, 6.07) is 8.22. The first kappa shape index (κ1) is 21.5. The topological polar surface area (TPSA) is 114 Å². The summed E-state index contributed by atoms with van der Waals surface area (Å²) in [6.07, 6.45) is 1.68. The van der Waals surface area contributed by atoms with Crippen LogP contribution in [-0.4, -0.2) is 58.6 Å². The molecule has 0 saturated carbocycles. The van der Waals surface area contributed by atoms with E-state index in [4.69, 9.17) is 9.15 Å². The molecule has 0 aliphatic carbocycles. The molecule has 2 heterocycles. The molecule has 0 N–H and O–H groups in total. The van der Waals surface area contributed by atoms with E-state index < -0.39 is 26.0 Å². The molecule has 1 aromatic heterocycles. The molecule has 1 aliphatic heterocycles. The summed E-state index contributed by atoms with van der Waals surface area (Å²) in [5.74, 6) is -0.504. The summed E-state index contributed by atoms with van der Waals surface area (Å²) in [7, 11) is -4.50. The van der Waals surface area contributed by atoms with Gasteiger partial charge in [-0.1, -0.05) is 0 Å². The molecule has 0 atom stereocenters. The first-order valence-electron chi connectivity index (χ1n) is 8.91. The molecule has 0 unspecified atom stereocenters. The number of hydrogen-bond acceptors (Lipinski definition) is 7. The Morgan fingerprint density at radius 3 is 2.24 bits per heavy atom. The van der Waals surface area contributed by atoms with Gasteiger partial charge in [0.05, 0.1) is 10.5 Å².